The molecule has 39 heavy (non-hydrogen) atoms. The van der Waals surface area contributed by atoms with Crippen LogP contribution in [0.2, 0.25) is 5.02 Å². The van der Waals surface area contributed by atoms with Crippen molar-refractivity contribution in [2.45, 2.75) is 38.3 Å². The second kappa shape index (κ2) is 11.8. The van der Waals surface area contributed by atoms with Crippen LogP contribution in [-0.4, -0.2) is 27.1 Å². The molecule has 2 atom stereocenters. The van der Waals surface area contributed by atoms with E-state index in [9.17, 15) is 23.1 Å². The highest BCUT2D eigenvalue weighted by Crippen LogP contribution is 2.33. The van der Waals surface area contributed by atoms with Gasteiger partial charge < -0.3 is 15.7 Å². The Hall–Kier alpha value is -3.95. The number of aliphatic hydroxyl groups excluding tert-OH is 1. The fourth-order valence-corrected chi connectivity index (χ4v) is 4.29. The molecule has 0 saturated heterocycles. The van der Waals surface area contributed by atoms with Gasteiger partial charge in [0.1, 0.15) is 17.6 Å². The van der Waals surface area contributed by atoms with Crippen molar-refractivity contribution in [2.24, 2.45) is 0 Å². The van der Waals surface area contributed by atoms with Crippen LogP contribution in [0.4, 0.5) is 24.7 Å². The molecule has 0 fully saturated rings. The number of halogens is 4. The molecule has 3 N–H and O–H groups in total. The largest absolute Gasteiger partial charge is 0.387 e. The van der Waals surface area contributed by atoms with Gasteiger partial charge in [-0.1, -0.05) is 60.1 Å². The van der Waals surface area contributed by atoms with Crippen LogP contribution in [0.1, 0.15) is 36.6 Å². The van der Waals surface area contributed by atoms with Gasteiger partial charge in [-0.2, -0.15) is 8.78 Å². The summed E-state index contributed by atoms with van der Waals surface area (Å²) < 4.78 is 42.9. The summed E-state index contributed by atoms with van der Waals surface area (Å²) in [5.41, 5.74) is 1.79. The number of alkyl halides is 2. The standard InChI is InChI=1S/C29H26ClF3N4O2/c1-17(22-5-3-4-6-23(22)30)36-28-27(34-13-14-35-28)20-9-12-25(24(31)16-20)37-26(39)15-19-7-10-21(11-8-19)29(32,33)18(2)38/h3-14,16-18,38H,15H2,1-2H3,(H,35,36)(H,37,39). The van der Waals surface area contributed by atoms with Crippen molar-refractivity contribution in [3.8, 4) is 11.3 Å². The lowest BCUT2D eigenvalue weighted by Gasteiger charge is -2.19. The fraction of sp³-hybridized carbons (Fsp3) is 0.207. The summed E-state index contributed by atoms with van der Waals surface area (Å²) in [6.07, 6.45) is 1.02. The highest BCUT2D eigenvalue weighted by Gasteiger charge is 2.37. The van der Waals surface area contributed by atoms with E-state index in [4.69, 9.17) is 11.6 Å². The van der Waals surface area contributed by atoms with Crippen LogP contribution in [-0.2, 0) is 17.1 Å². The number of nitrogens with one attached hydrogen (secondary N) is 2. The molecule has 4 aromatic rings. The van der Waals surface area contributed by atoms with Crippen LogP contribution in [0.5, 0.6) is 0 Å². The van der Waals surface area contributed by atoms with Crippen molar-refractivity contribution in [1.82, 2.24) is 9.97 Å². The lowest BCUT2D eigenvalue weighted by molar-refractivity contribution is -0.115. The SMILES string of the molecule is CC(Nc1nccnc1-c1ccc(NC(=O)Cc2ccc(C(F)(F)C(C)O)cc2)c(F)c1)c1ccccc1Cl. The number of aliphatic hydroxyl groups is 1. The van der Waals surface area contributed by atoms with Crippen molar-refractivity contribution in [3.05, 3.63) is 107 Å². The number of nitrogens with zero attached hydrogens (tertiary/aromatic N) is 2. The molecule has 0 aliphatic rings. The molecule has 0 aliphatic heterocycles. The smallest absolute Gasteiger partial charge is 0.298 e. The van der Waals surface area contributed by atoms with Gasteiger partial charge in [-0.15, -0.1) is 0 Å². The van der Waals surface area contributed by atoms with E-state index in [1.165, 1.54) is 36.7 Å². The minimum Gasteiger partial charge on any atom is -0.387 e. The van der Waals surface area contributed by atoms with E-state index < -0.39 is 23.8 Å². The number of carbonyl (C=O) groups excluding carboxylic acids is 1. The van der Waals surface area contributed by atoms with Gasteiger partial charge in [0, 0.05) is 28.5 Å². The monoisotopic (exact) mass is 554 g/mol. The quantitative estimate of drug-likeness (QED) is 0.213. The summed E-state index contributed by atoms with van der Waals surface area (Å²) >= 11 is 6.31. The van der Waals surface area contributed by atoms with Crippen LogP contribution in [0.15, 0.2) is 79.1 Å². The van der Waals surface area contributed by atoms with Gasteiger partial charge in [0.05, 0.1) is 18.2 Å². The second-order valence-electron chi connectivity index (χ2n) is 9.06. The lowest BCUT2D eigenvalue weighted by atomic mass is 10.0. The lowest BCUT2D eigenvalue weighted by Crippen LogP contribution is -2.27. The van der Waals surface area contributed by atoms with E-state index in [1.807, 2.05) is 25.1 Å². The minimum absolute atomic E-state index is 0.0381. The normalized spacial score (nSPS) is 13.0. The Morgan fingerprint density at radius 3 is 2.38 bits per heavy atom. The van der Waals surface area contributed by atoms with Gasteiger partial charge in [0.2, 0.25) is 5.91 Å². The second-order valence-corrected chi connectivity index (χ2v) is 9.46. The summed E-state index contributed by atoms with van der Waals surface area (Å²) in [6, 6.07) is 16.5. The van der Waals surface area contributed by atoms with E-state index >= 15 is 0 Å². The van der Waals surface area contributed by atoms with Crippen LogP contribution >= 0.6 is 11.6 Å². The first-order valence-electron chi connectivity index (χ1n) is 12.1. The number of rotatable bonds is 9. The maximum atomic E-state index is 15.0. The first-order valence-corrected chi connectivity index (χ1v) is 12.5. The number of hydrogen-bond acceptors (Lipinski definition) is 5. The summed E-state index contributed by atoms with van der Waals surface area (Å²) in [7, 11) is 0. The van der Waals surface area contributed by atoms with Crippen molar-refractivity contribution >= 4 is 29.0 Å². The topological polar surface area (TPSA) is 87.1 Å². The van der Waals surface area contributed by atoms with E-state index in [0.29, 0.717) is 27.7 Å². The third-order valence-corrected chi connectivity index (χ3v) is 6.51. The Bertz CT molecular complexity index is 1470. The summed E-state index contributed by atoms with van der Waals surface area (Å²) in [4.78, 5) is 21.2. The fourth-order valence-electron chi connectivity index (χ4n) is 3.99. The molecular weight excluding hydrogens is 529 g/mol. The molecule has 0 aliphatic carbocycles. The molecule has 10 heteroatoms. The zero-order valence-corrected chi connectivity index (χ0v) is 21.9. The molecule has 1 aromatic heterocycles. The molecule has 0 bridgehead atoms. The number of amides is 1. The van der Waals surface area contributed by atoms with E-state index in [-0.39, 0.29) is 23.7 Å². The highest BCUT2D eigenvalue weighted by molar-refractivity contribution is 6.31. The molecule has 1 heterocycles. The Labute approximate surface area is 228 Å². The number of benzene rings is 3. The number of hydrogen-bond donors (Lipinski definition) is 3. The van der Waals surface area contributed by atoms with Gasteiger partial charge in [0.25, 0.3) is 5.92 Å². The van der Waals surface area contributed by atoms with Crippen molar-refractivity contribution < 1.29 is 23.1 Å². The van der Waals surface area contributed by atoms with Crippen LogP contribution in [0, 0.1) is 5.82 Å². The molecule has 0 radical (unpaired) electrons. The molecule has 202 valence electrons. The van der Waals surface area contributed by atoms with Crippen LogP contribution in [0.3, 0.4) is 0 Å². The molecule has 2 unspecified atom stereocenters. The summed E-state index contributed by atoms with van der Waals surface area (Å²) in [5.74, 6) is -4.17. The zero-order valence-electron chi connectivity index (χ0n) is 21.1. The summed E-state index contributed by atoms with van der Waals surface area (Å²) in [6.45, 7) is 2.93. The third-order valence-electron chi connectivity index (χ3n) is 6.17. The Morgan fingerprint density at radius 2 is 1.72 bits per heavy atom. The zero-order chi connectivity index (χ0) is 28.2. The number of anilines is 2. The first-order chi connectivity index (χ1) is 18.6. The van der Waals surface area contributed by atoms with Crippen LogP contribution < -0.4 is 10.6 Å². The Kier molecular flexibility index (Phi) is 8.52. The molecule has 4 rings (SSSR count). The van der Waals surface area contributed by atoms with E-state index in [0.717, 1.165) is 24.6 Å². The Balaban J connectivity index is 1.46. The predicted molar refractivity (Wildman–Crippen MR) is 145 cm³/mol. The maximum absolute atomic E-state index is 15.0. The van der Waals surface area contributed by atoms with Crippen molar-refractivity contribution in [1.29, 1.82) is 0 Å². The van der Waals surface area contributed by atoms with Crippen molar-refractivity contribution in [3.63, 3.8) is 0 Å². The third kappa shape index (κ3) is 6.55. The predicted octanol–water partition coefficient (Wildman–Crippen LogP) is 6.76. The molecule has 1 amide bonds. The van der Waals surface area contributed by atoms with E-state index in [1.54, 1.807) is 12.1 Å². The van der Waals surface area contributed by atoms with Crippen LogP contribution in [0.25, 0.3) is 11.3 Å². The maximum Gasteiger partial charge on any atom is 0.298 e. The van der Waals surface area contributed by atoms with Gasteiger partial charge in [-0.3, -0.25) is 9.78 Å². The molecule has 6 nitrogen and oxygen atoms in total. The molecule has 0 saturated carbocycles. The molecule has 3 aromatic carbocycles. The van der Waals surface area contributed by atoms with Gasteiger partial charge in [-0.25, -0.2) is 9.37 Å². The van der Waals surface area contributed by atoms with Crippen molar-refractivity contribution in [2.75, 3.05) is 10.6 Å². The van der Waals surface area contributed by atoms with Gasteiger partial charge >= 0.3 is 0 Å². The minimum atomic E-state index is -3.41. The van der Waals surface area contributed by atoms with Gasteiger partial charge in [0.15, 0.2) is 5.82 Å². The molecular formula is C29H26ClF3N4O2. The number of aromatic nitrogens is 2. The Morgan fingerprint density at radius 1 is 1.03 bits per heavy atom. The number of carbonyl (C=O) groups is 1. The summed E-state index contributed by atoms with van der Waals surface area (Å²) in [5, 5.41) is 15.7. The van der Waals surface area contributed by atoms with Gasteiger partial charge in [-0.05, 0) is 43.2 Å². The van der Waals surface area contributed by atoms with E-state index in [2.05, 4.69) is 20.6 Å². The molecule has 0 spiro atoms. The average molecular weight is 555 g/mol. The average Bonchev–Trinajstić information content (AvgIpc) is 2.90. The first kappa shape index (κ1) is 28.1. The highest BCUT2D eigenvalue weighted by atomic mass is 35.5.